The molecule has 1 aromatic rings. The van der Waals surface area contributed by atoms with Gasteiger partial charge in [0.15, 0.2) is 0 Å². The number of nitrogens with one attached hydrogen (secondary N) is 1. The summed E-state index contributed by atoms with van der Waals surface area (Å²) < 4.78 is 5.54. The van der Waals surface area contributed by atoms with Crippen molar-refractivity contribution in [2.45, 2.75) is 39.2 Å². The minimum atomic E-state index is -0.645. The summed E-state index contributed by atoms with van der Waals surface area (Å²) in [5.41, 5.74) is -0.0703. The molecular formula is C16H21NO2. The molecule has 0 spiro atoms. The molecule has 0 aliphatic carbocycles. The van der Waals surface area contributed by atoms with Crippen LogP contribution in [-0.4, -0.2) is 18.1 Å². The second-order valence-electron chi connectivity index (χ2n) is 4.95. The second kappa shape index (κ2) is 6.84. The molecule has 0 aromatic heterocycles. The summed E-state index contributed by atoms with van der Waals surface area (Å²) in [4.78, 5) is 11.9. The lowest BCUT2D eigenvalue weighted by molar-refractivity contribution is 0.0930. The first-order valence-electron chi connectivity index (χ1n) is 6.51. The molecule has 0 radical (unpaired) electrons. The number of unbranched alkanes of at least 4 members (excludes halogenated alkanes) is 1. The van der Waals surface area contributed by atoms with E-state index in [1.807, 2.05) is 0 Å². The monoisotopic (exact) mass is 259 g/mol. The van der Waals surface area contributed by atoms with Gasteiger partial charge in [-0.25, -0.2) is 0 Å². The largest absolute Gasteiger partial charge is 0.494 e. The van der Waals surface area contributed by atoms with E-state index in [1.54, 1.807) is 38.1 Å². The van der Waals surface area contributed by atoms with Crippen LogP contribution in [0, 0.1) is 12.3 Å². The Labute approximate surface area is 115 Å². The Kier molecular flexibility index (Phi) is 5.44. The lowest BCUT2D eigenvalue weighted by Crippen LogP contribution is -2.42. The van der Waals surface area contributed by atoms with Gasteiger partial charge in [-0.05, 0) is 44.5 Å². The Morgan fingerprint density at radius 1 is 1.37 bits per heavy atom. The van der Waals surface area contributed by atoms with Gasteiger partial charge in [-0.1, -0.05) is 19.3 Å². The molecule has 3 heteroatoms. The molecule has 0 atom stereocenters. The van der Waals surface area contributed by atoms with Crippen molar-refractivity contribution in [1.82, 2.24) is 5.32 Å². The van der Waals surface area contributed by atoms with Gasteiger partial charge in [-0.2, -0.15) is 0 Å². The van der Waals surface area contributed by atoms with Gasteiger partial charge in [0, 0.05) is 5.56 Å². The first-order valence-corrected chi connectivity index (χ1v) is 6.51. The predicted molar refractivity (Wildman–Crippen MR) is 77.2 cm³/mol. The van der Waals surface area contributed by atoms with E-state index in [2.05, 4.69) is 18.2 Å². The Morgan fingerprint density at radius 2 is 2.00 bits per heavy atom. The molecule has 0 fully saturated rings. The molecular weight excluding hydrogens is 238 g/mol. The van der Waals surface area contributed by atoms with Crippen molar-refractivity contribution in [2.24, 2.45) is 0 Å². The van der Waals surface area contributed by atoms with E-state index in [4.69, 9.17) is 11.2 Å². The highest BCUT2D eigenvalue weighted by Crippen LogP contribution is 2.13. The average molecular weight is 259 g/mol. The number of rotatable bonds is 6. The first-order chi connectivity index (χ1) is 8.98. The molecule has 0 heterocycles. The van der Waals surface area contributed by atoms with Crippen molar-refractivity contribution in [3.63, 3.8) is 0 Å². The van der Waals surface area contributed by atoms with E-state index in [1.165, 1.54) is 0 Å². The zero-order chi connectivity index (χ0) is 14.3. The van der Waals surface area contributed by atoms with Gasteiger partial charge in [0.2, 0.25) is 0 Å². The molecule has 0 saturated carbocycles. The molecule has 1 aromatic carbocycles. The van der Waals surface area contributed by atoms with Gasteiger partial charge in [0.05, 0.1) is 12.1 Å². The third kappa shape index (κ3) is 5.05. The predicted octanol–water partition coefficient (Wildman–Crippen LogP) is 3.01. The Morgan fingerprint density at radius 3 is 2.53 bits per heavy atom. The van der Waals surface area contributed by atoms with Gasteiger partial charge in [-0.15, -0.1) is 6.42 Å². The van der Waals surface area contributed by atoms with E-state index < -0.39 is 5.54 Å². The number of amides is 1. The van der Waals surface area contributed by atoms with Crippen LogP contribution in [0.25, 0.3) is 0 Å². The van der Waals surface area contributed by atoms with Crippen molar-refractivity contribution in [3.8, 4) is 18.1 Å². The van der Waals surface area contributed by atoms with Crippen molar-refractivity contribution in [3.05, 3.63) is 29.8 Å². The van der Waals surface area contributed by atoms with Crippen LogP contribution in [0.15, 0.2) is 24.3 Å². The molecule has 1 amide bonds. The molecule has 0 aliphatic heterocycles. The average Bonchev–Trinajstić information content (AvgIpc) is 2.39. The minimum absolute atomic E-state index is 0.178. The fourth-order valence-corrected chi connectivity index (χ4v) is 1.43. The van der Waals surface area contributed by atoms with Crippen LogP contribution in [0.3, 0.4) is 0 Å². The highest BCUT2D eigenvalue weighted by Gasteiger charge is 2.17. The molecule has 0 saturated heterocycles. The number of carbonyl (C=O) groups is 1. The summed E-state index contributed by atoms with van der Waals surface area (Å²) in [7, 11) is 0. The number of benzene rings is 1. The van der Waals surface area contributed by atoms with Gasteiger partial charge in [0.25, 0.3) is 5.91 Å². The van der Waals surface area contributed by atoms with E-state index >= 15 is 0 Å². The highest BCUT2D eigenvalue weighted by atomic mass is 16.5. The quantitative estimate of drug-likeness (QED) is 0.630. The lowest BCUT2D eigenvalue weighted by atomic mass is 10.1. The smallest absolute Gasteiger partial charge is 0.252 e. The summed E-state index contributed by atoms with van der Waals surface area (Å²) in [6, 6.07) is 7.08. The van der Waals surface area contributed by atoms with Crippen LogP contribution >= 0.6 is 0 Å². The molecule has 0 bridgehead atoms. The van der Waals surface area contributed by atoms with Crippen molar-refractivity contribution >= 4 is 5.91 Å². The molecule has 19 heavy (non-hydrogen) atoms. The number of carbonyl (C=O) groups excluding carboxylic acids is 1. The van der Waals surface area contributed by atoms with Crippen molar-refractivity contribution in [1.29, 1.82) is 0 Å². The van der Waals surface area contributed by atoms with E-state index in [0.29, 0.717) is 12.2 Å². The van der Waals surface area contributed by atoms with Crippen LogP contribution < -0.4 is 10.1 Å². The maximum Gasteiger partial charge on any atom is 0.252 e. The van der Waals surface area contributed by atoms with Crippen LogP contribution in [-0.2, 0) is 0 Å². The van der Waals surface area contributed by atoms with Crippen molar-refractivity contribution < 1.29 is 9.53 Å². The summed E-state index contributed by atoms with van der Waals surface area (Å²) in [6.45, 7) is 6.39. The van der Waals surface area contributed by atoms with Gasteiger partial charge >= 0.3 is 0 Å². The SMILES string of the molecule is C#CC(C)(C)NC(=O)c1ccc(OCCCC)cc1. The van der Waals surface area contributed by atoms with Crippen LogP contribution in [0.2, 0.25) is 0 Å². The standard InChI is InChI=1S/C16H21NO2/c1-5-7-12-19-14-10-8-13(9-11-14)15(18)17-16(3,4)6-2/h2,8-11H,5,7,12H2,1,3-4H3,(H,17,18). The number of terminal acetylenes is 1. The Hall–Kier alpha value is -1.95. The zero-order valence-electron chi connectivity index (χ0n) is 11.8. The molecule has 3 nitrogen and oxygen atoms in total. The normalized spacial score (nSPS) is 10.6. The second-order valence-corrected chi connectivity index (χ2v) is 4.95. The molecule has 0 unspecified atom stereocenters. The van der Waals surface area contributed by atoms with Crippen LogP contribution in [0.1, 0.15) is 44.0 Å². The summed E-state index contributed by atoms with van der Waals surface area (Å²) in [5, 5.41) is 2.78. The summed E-state index contributed by atoms with van der Waals surface area (Å²) in [6.07, 6.45) is 7.47. The minimum Gasteiger partial charge on any atom is -0.494 e. The van der Waals surface area contributed by atoms with E-state index in [0.717, 1.165) is 18.6 Å². The number of hydrogen-bond donors (Lipinski definition) is 1. The summed E-state index contributed by atoms with van der Waals surface area (Å²) >= 11 is 0. The third-order valence-corrected chi connectivity index (χ3v) is 2.67. The molecule has 102 valence electrons. The van der Waals surface area contributed by atoms with Crippen LogP contribution in [0.4, 0.5) is 0 Å². The number of hydrogen-bond acceptors (Lipinski definition) is 2. The topological polar surface area (TPSA) is 38.3 Å². The van der Waals surface area contributed by atoms with Crippen molar-refractivity contribution in [2.75, 3.05) is 6.61 Å². The maximum atomic E-state index is 11.9. The molecule has 1 N–H and O–H groups in total. The fourth-order valence-electron chi connectivity index (χ4n) is 1.43. The lowest BCUT2D eigenvalue weighted by Gasteiger charge is -2.19. The van der Waals surface area contributed by atoms with E-state index in [-0.39, 0.29) is 5.91 Å². The number of ether oxygens (including phenoxy) is 1. The third-order valence-electron chi connectivity index (χ3n) is 2.67. The summed E-state index contributed by atoms with van der Waals surface area (Å²) in [5.74, 6) is 3.13. The van der Waals surface area contributed by atoms with Gasteiger partial charge in [0.1, 0.15) is 5.75 Å². The van der Waals surface area contributed by atoms with Gasteiger partial charge < -0.3 is 10.1 Å². The fraction of sp³-hybridized carbons (Fsp3) is 0.438. The van der Waals surface area contributed by atoms with Gasteiger partial charge in [-0.3, -0.25) is 4.79 Å². The first kappa shape index (κ1) is 15.1. The van der Waals surface area contributed by atoms with Crippen LogP contribution in [0.5, 0.6) is 5.75 Å². The zero-order valence-corrected chi connectivity index (χ0v) is 11.8. The maximum absolute atomic E-state index is 11.9. The molecule has 0 aliphatic rings. The highest BCUT2D eigenvalue weighted by molar-refractivity contribution is 5.95. The Bertz CT molecular complexity index is 455. The van der Waals surface area contributed by atoms with E-state index in [9.17, 15) is 4.79 Å². The molecule has 1 rings (SSSR count). The Balaban J connectivity index is 2.61.